The highest BCUT2D eigenvalue weighted by atomic mass is 16.2. The Labute approximate surface area is 140 Å². The molecule has 0 bridgehead atoms. The first-order chi connectivity index (χ1) is 11.2. The zero-order valence-corrected chi connectivity index (χ0v) is 14.4. The Morgan fingerprint density at radius 1 is 1.26 bits per heavy atom. The van der Waals surface area contributed by atoms with Crippen LogP contribution in [0.4, 0.5) is 5.69 Å². The van der Waals surface area contributed by atoms with Crippen molar-refractivity contribution in [3.63, 3.8) is 0 Å². The van der Waals surface area contributed by atoms with Gasteiger partial charge in [0.05, 0.1) is 0 Å². The molecule has 0 aromatic heterocycles. The molecule has 1 heterocycles. The highest BCUT2D eigenvalue weighted by Gasteiger charge is 2.31. The minimum absolute atomic E-state index is 0.289. The summed E-state index contributed by atoms with van der Waals surface area (Å²) >= 11 is 0. The maximum absolute atomic E-state index is 12.8. The molecule has 1 aromatic rings. The molecule has 3 rings (SSSR count). The van der Waals surface area contributed by atoms with Gasteiger partial charge in [-0.2, -0.15) is 0 Å². The lowest BCUT2D eigenvalue weighted by Gasteiger charge is -2.25. The van der Waals surface area contributed by atoms with E-state index < -0.39 is 0 Å². The summed E-state index contributed by atoms with van der Waals surface area (Å²) in [4.78, 5) is 14.8. The number of nitrogens with zero attached hydrogens (tertiary/aromatic N) is 1. The number of carbonyl (C=O) groups excluding carboxylic acids is 1. The van der Waals surface area contributed by atoms with E-state index in [-0.39, 0.29) is 6.04 Å². The average Bonchev–Trinajstić information content (AvgIpc) is 2.89. The van der Waals surface area contributed by atoms with Crippen LogP contribution in [0.2, 0.25) is 0 Å². The zero-order chi connectivity index (χ0) is 16.2. The van der Waals surface area contributed by atoms with Gasteiger partial charge in [-0.3, -0.25) is 4.79 Å². The SMILES string of the molecule is CC1Cc2cc(CCN)ccc2N1C(=O)CCC1CCCCC1. The number of carbonyl (C=O) groups is 1. The van der Waals surface area contributed by atoms with E-state index in [2.05, 4.69) is 25.1 Å². The molecule has 3 nitrogen and oxygen atoms in total. The average molecular weight is 314 g/mol. The van der Waals surface area contributed by atoms with Gasteiger partial charge < -0.3 is 10.6 Å². The van der Waals surface area contributed by atoms with E-state index in [0.29, 0.717) is 18.9 Å². The van der Waals surface area contributed by atoms with E-state index in [1.807, 2.05) is 4.90 Å². The summed E-state index contributed by atoms with van der Waals surface area (Å²) in [7, 11) is 0. The highest BCUT2D eigenvalue weighted by molar-refractivity contribution is 5.96. The minimum atomic E-state index is 0.289. The molecule has 3 heteroatoms. The molecular weight excluding hydrogens is 284 g/mol. The van der Waals surface area contributed by atoms with Crippen molar-refractivity contribution in [2.45, 2.75) is 70.8 Å². The van der Waals surface area contributed by atoms with Gasteiger partial charge in [0, 0.05) is 18.2 Å². The van der Waals surface area contributed by atoms with Crippen molar-refractivity contribution < 1.29 is 4.79 Å². The molecule has 2 aliphatic rings. The predicted molar refractivity (Wildman–Crippen MR) is 95.7 cm³/mol. The first kappa shape index (κ1) is 16.5. The molecule has 1 aliphatic carbocycles. The second-order valence-electron chi connectivity index (χ2n) is 7.36. The van der Waals surface area contributed by atoms with E-state index in [0.717, 1.165) is 30.9 Å². The van der Waals surface area contributed by atoms with E-state index in [1.165, 1.54) is 43.2 Å². The summed E-state index contributed by atoms with van der Waals surface area (Å²) in [6.07, 6.45) is 10.4. The van der Waals surface area contributed by atoms with E-state index in [1.54, 1.807) is 0 Å². The van der Waals surface area contributed by atoms with E-state index in [9.17, 15) is 4.79 Å². The molecule has 0 saturated heterocycles. The number of hydrogen-bond donors (Lipinski definition) is 1. The normalized spacial score (nSPS) is 21.5. The number of anilines is 1. The summed E-state index contributed by atoms with van der Waals surface area (Å²) in [6, 6.07) is 6.79. The van der Waals surface area contributed by atoms with E-state index in [4.69, 9.17) is 5.73 Å². The third kappa shape index (κ3) is 3.77. The molecule has 1 atom stereocenters. The Morgan fingerprint density at radius 2 is 2.04 bits per heavy atom. The van der Waals surface area contributed by atoms with Crippen LogP contribution in [0.1, 0.15) is 63.0 Å². The molecule has 1 saturated carbocycles. The van der Waals surface area contributed by atoms with Crippen LogP contribution in [-0.2, 0) is 17.6 Å². The van der Waals surface area contributed by atoms with Crippen LogP contribution in [0.25, 0.3) is 0 Å². The van der Waals surface area contributed by atoms with Crippen molar-refractivity contribution in [1.29, 1.82) is 0 Å². The molecule has 2 N–H and O–H groups in total. The standard InChI is InChI=1S/C20H30N2O/c1-15-13-18-14-17(11-12-21)7-9-19(18)22(15)20(23)10-8-16-5-3-2-4-6-16/h7,9,14-16H,2-6,8,10-13,21H2,1H3. The molecule has 1 aliphatic heterocycles. The smallest absolute Gasteiger partial charge is 0.227 e. The number of fused-ring (bicyclic) bond motifs is 1. The second kappa shape index (κ2) is 7.48. The third-order valence-electron chi connectivity index (χ3n) is 5.55. The second-order valence-corrected chi connectivity index (χ2v) is 7.36. The summed E-state index contributed by atoms with van der Waals surface area (Å²) < 4.78 is 0. The first-order valence-corrected chi connectivity index (χ1v) is 9.33. The topological polar surface area (TPSA) is 46.3 Å². The molecule has 0 radical (unpaired) electrons. The van der Waals surface area contributed by atoms with Crippen LogP contribution in [0.5, 0.6) is 0 Å². The molecule has 126 valence electrons. The number of rotatable bonds is 5. The third-order valence-corrected chi connectivity index (χ3v) is 5.55. The highest BCUT2D eigenvalue weighted by Crippen LogP contribution is 2.34. The van der Waals surface area contributed by atoms with Gasteiger partial charge in [-0.25, -0.2) is 0 Å². The number of hydrogen-bond acceptors (Lipinski definition) is 2. The zero-order valence-electron chi connectivity index (χ0n) is 14.4. The van der Waals surface area contributed by atoms with Crippen LogP contribution in [-0.4, -0.2) is 18.5 Å². The Morgan fingerprint density at radius 3 is 2.78 bits per heavy atom. The predicted octanol–water partition coefficient (Wildman–Crippen LogP) is 3.83. The van der Waals surface area contributed by atoms with Gasteiger partial charge in [0.1, 0.15) is 0 Å². The molecule has 23 heavy (non-hydrogen) atoms. The van der Waals surface area contributed by atoms with E-state index >= 15 is 0 Å². The lowest BCUT2D eigenvalue weighted by atomic mass is 9.86. The van der Waals surface area contributed by atoms with Gasteiger partial charge in [0.15, 0.2) is 0 Å². The van der Waals surface area contributed by atoms with Crippen LogP contribution < -0.4 is 10.6 Å². The van der Waals surface area contributed by atoms with Crippen molar-refractivity contribution in [3.8, 4) is 0 Å². The fourth-order valence-electron chi connectivity index (χ4n) is 4.31. The van der Waals surface area contributed by atoms with Gasteiger partial charge in [0.2, 0.25) is 5.91 Å². The summed E-state index contributed by atoms with van der Waals surface area (Å²) in [5, 5.41) is 0. The quantitative estimate of drug-likeness (QED) is 0.898. The Balaban J connectivity index is 1.64. The summed E-state index contributed by atoms with van der Waals surface area (Å²) in [5.41, 5.74) is 9.39. The Kier molecular flexibility index (Phi) is 5.37. The fraction of sp³-hybridized carbons (Fsp3) is 0.650. The van der Waals surface area contributed by atoms with Crippen LogP contribution >= 0.6 is 0 Å². The molecule has 0 spiro atoms. The van der Waals surface area contributed by atoms with Gasteiger partial charge >= 0.3 is 0 Å². The molecular formula is C20H30N2O. The van der Waals surface area contributed by atoms with Gasteiger partial charge in [-0.05, 0) is 55.8 Å². The molecule has 1 aromatic carbocycles. The van der Waals surface area contributed by atoms with Crippen molar-refractivity contribution in [2.75, 3.05) is 11.4 Å². The first-order valence-electron chi connectivity index (χ1n) is 9.33. The van der Waals surface area contributed by atoms with Crippen molar-refractivity contribution in [2.24, 2.45) is 11.7 Å². The van der Waals surface area contributed by atoms with Gasteiger partial charge in [0.25, 0.3) is 0 Å². The molecule has 1 unspecified atom stereocenters. The Bertz CT molecular complexity index is 549. The van der Waals surface area contributed by atoms with Crippen molar-refractivity contribution in [3.05, 3.63) is 29.3 Å². The summed E-state index contributed by atoms with van der Waals surface area (Å²) in [6.45, 7) is 2.85. The lowest BCUT2D eigenvalue weighted by Crippen LogP contribution is -2.35. The maximum atomic E-state index is 12.8. The van der Waals surface area contributed by atoms with Crippen LogP contribution in [0.3, 0.4) is 0 Å². The summed E-state index contributed by atoms with van der Waals surface area (Å²) in [5.74, 6) is 1.09. The number of amides is 1. The van der Waals surface area contributed by atoms with Crippen LogP contribution in [0, 0.1) is 5.92 Å². The fourth-order valence-corrected chi connectivity index (χ4v) is 4.31. The number of nitrogens with two attached hydrogens (primary N) is 1. The van der Waals surface area contributed by atoms with Crippen molar-refractivity contribution >= 4 is 11.6 Å². The molecule has 1 fully saturated rings. The number of benzene rings is 1. The van der Waals surface area contributed by atoms with Gasteiger partial charge in [-0.1, -0.05) is 44.2 Å². The lowest BCUT2D eigenvalue weighted by molar-refractivity contribution is -0.119. The minimum Gasteiger partial charge on any atom is -0.330 e. The maximum Gasteiger partial charge on any atom is 0.227 e. The molecule has 1 amide bonds. The Hall–Kier alpha value is -1.35. The van der Waals surface area contributed by atoms with Gasteiger partial charge in [-0.15, -0.1) is 0 Å². The monoisotopic (exact) mass is 314 g/mol. The van der Waals surface area contributed by atoms with Crippen molar-refractivity contribution in [1.82, 2.24) is 0 Å². The largest absolute Gasteiger partial charge is 0.330 e. The van der Waals surface area contributed by atoms with Crippen LogP contribution in [0.15, 0.2) is 18.2 Å².